The van der Waals surface area contributed by atoms with Crippen molar-refractivity contribution in [1.82, 2.24) is 9.71 Å². The largest absolute Gasteiger partial charge is 0.478 e. The molecule has 0 aliphatic rings. The smallest absolute Gasteiger partial charge is 0.335 e. The maximum atomic E-state index is 12.1. The molecule has 1 aromatic carbocycles. The van der Waals surface area contributed by atoms with Crippen molar-refractivity contribution in [3.63, 3.8) is 0 Å². The van der Waals surface area contributed by atoms with E-state index >= 15 is 0 Å². The van der Waals surface area contributed by atoms with Crippen LogP contribution in [0.4, 0.5) is 0 Å². The summed E-state index contributed by atoms with van der Waals surface area (Å²) in [4.78, 5) is 14.9. The van der Waals surface area contributed by atoms with E-state index in [1.807, 2.05) is 6.92 Å². The summed E-state index contributed by atoms with van der Waals surface area (Å²) in [7, 11) is -3.65. The van der Waals surface area contributed by atoms with Gasteiger partial charge in [0.2, 0.25) is 10.0 Å². The maximum absolute atomic E-state index is 12.1. The third-order valence-corrected chi connectivity index (χ3v) is 4.26. The first-order chi connectivity index (χ1) is 9.88. The Morgan fingerprint density at radius 2 is 1.90 bits per heavy atom. The summed E-state index contributed by atoms with van der Waals surface area (Å²) < 4.78 is 26.6. The molecular formula is C14H14N2O4S. The van der Waals surface area contributed by atoms with Crippen LogP contribution in [-0.2, 0) is 16.6 Å². The van der Waals surface area contributed by atoms with Gasteiger partial charge in [0.25, 0.3) is 0 Å². The number of aromatic nitrogens is 1. The standard InChI is InChI=1S/C14H14N2O4S/c1-10-2-4-13(5-3-10)21(19,20)16-9-12-8-11(14(17)18)6-7-15-12/h2-8,16H,9H2,1H3,(H,17,18). The molecule has 2 N–H and O–H groups in total. The van der Waals surface area contributed by atoms with Crippen LogP contribution in [-0.4, -0.2) is 24.5 Å². The predicted molar refractivity (Wildman–Crippen MR) is 76.4 cm³/mol. The Balaban J connectivity index is 2.13. The molecule has 0 radical (unpaired) electrons. The van der Waals surface area contributed by atoms with Crippen molar-refractivity contribution in [3.05, 3.63) is 59.4 Å². The van der Waals surface area contributed by atoms with Crippen molar-refractivity contribution < 1.29 is 18.3 Å². The predicted octanol–water partition coefficient (Wildman–Crippen LogP) is 1.57. The first-order valence-electron chi connectivity index (χ1n) is 6.13. The molecule has 0 unspecified atom stereocenters. The molecule has 110 valence electrons. The number of rotatable bonds is 5. The van der Waals surface area contributed by atoms with E-state index in [1.54, 1.807) is 12.1 Å². The van der Waals surface area contributed by atoms with Gasteiger partial charge in [-0.2, -0.15) is 0 Å². The molecule has 7 heteroatoms. The molecule has 0 atom stereocenters. The summed E-state index contributed by atoms with van der Waals surface area (Å²) in [5.74, 6) is -1.08. The zero-order valence-corrected chi connectivity index (χ0v) is 12.1. The van der Waals surface area contributed by atoms with Crippen LogP contribution in [0.5, 0.6) is 0 Å². The van der Waals surface area contributed by atoms with Crippen molar-refractivity contribution in [2.75, 3.05) is 0 Å². The highest BCUT2D eigenvalue weighted by Gasteiger charge is 2.14. The number of carbonyl (C=O) groups is 1. The highest BCUT2D eigenvalue weighted by molar-refractivity contribution is 7.89. The fourth-order valence-corrected chi connectivity index (χ4v) is 2.68. The van der Waals surface area contributed by atoms with Crippen LogP contribution >= 0.6 is 0 Å². The van der Waals surface area contributed by atoms with Gasteiger partial charge in [0.1, 0.15) is 0 Å². The number of sulfonamides is 1. The van der Waals surface area contributed by atoms with Crippen molar-refractivity contribution in [2.24, 2.45) is 0 Å². The molecule has 0 spiro atoms. The quantitative estimate of drug-likeness (QED) is 0.874. The van der Waals surface area contributed by atoms with Gasteiger partial charge < -0.3 is 5.11 Å². The van der Waals surface area contributed by atoms with Gasteiger partial charge >= 0.3 is 5.97 Å². The fraction of sp³-hybridized carbons (Fsp3) is 0.143. The second-order valence-electron chi connectivity index (χ2n) is 4.48. The number of carboxylic acids is 1. The third-order valence-electron chi connectivity index (χ3n) is 2.84. The summed E-state index contributed by atoms with van der Waals surface area (Å²) in [6, 6.07) is 9.12. The van der Waals surface area contributed by atoms with E-state index in [2.05, 4.69) is 9.71 Å². The van der Waals surface area contributed by atoms with Gasteiger partial charge in [-0.15, -0.1) is 0 Å². The summed E-state index contributed by atoms with van der Waals surface area (Å²) in [5.41, 5.74) is 1.37. The number of carboxylic acid groups (broad SMARTS) is 1. The van der Waals surface area contributed by atoms with Crippen LogP contribution in [0, 0.1) is 6.92 Å². The van der Waals surface area contributed by atoms with Gasteiger partial charge in [0.15, 0.2) is 0 Å². The van der Waals surface area contributed by atoms with Gasteiger partial charge in [-0.05, 0) is 31.2 Å². The van der Waals surface area contributed by atoms with Gasteiger partial charge in [-0.1, -0.05) is 17.7 Å². The molecule has 21 heavy (non-hydrogen) atoms. The second-order valence-corrected chi connectivity index (χ2v) is 6.25. The molecule has 0 bridgehead atoms. The molecule has 0 saturated heterocycles. The molecule has 0 amide bonds. The molecule has 6 nitrogen and oxygen atoms in total. The Morgan fingerprint density at radius 1 is 1.24 bits per heavy atom. The molecule has 1 heterocycles. The van der Waals surface area contributed by atoms with Crippen molar-refractivity contribution >= 4 is 16.0 Å². The van der Waals surface area contributed by atoms with Crippen LogP contribution in [0.1, 0.15) is 21.6 Å². The lowest BCUT2D eigenvalue weighted by atomic mass is 10.2. The minimum Gasteiger partial charge on any atom is -0.478 e. The lowest BCUT2D eigenvalue weighted by Gasteiger charge is -2.07. The number of aryl methyl sites for hydroxylation is 1. The fourth-order valence-electron chi connectivity index (χ4n) is 1.68. The minimum absolute atomic E-state index is 0.0644. The minimum atomic E-state index is -3.65. The first kappa shape index (κ1) is 15.1. The zero-order valence-electron chi connectivity index (χ0n) is 11.3. The second kappa shape index (κ2) is 6.02. The lowest BCUT2D eigenvalue weighted by Crippen LogP contribution is -2.23. The van der Waals surface area contributed by atoms with Crippen LogP contribution in [0.25, 0.3) is 0 Å². The molecule has 2 aromatic rings. The van der Waals surface area contributed by atoms with Crippen molar-refractivity contribution in [3.8, 4) is 0 Å². The van der Waals surface area contributed by atoms with Gasteiger partial charge in [0.05, 0.1) is 22.7 Å². The van der Waals surface area contributed by atoms with Crippen LogP contribution in [0.15, 0.2) is 47.5 Å². The van der Waals surface area contributed by atoms with Crippen LogP contribution in [0.2, 0.25) is 0 Å². The van der Waals surface area contributed by atoms with E-state index < -0.39 is 16.0 Å². The lowest BCUT2D eigenvalue weighted by molar-refractivity contribution is 0.0696. The van der Waals surface area contributed by atoms with E-state index in [4.69, 9.17) is 5.11 Å². The van der Waals surface area contributed by atoms with Crippen molar-refractivity contribution in [1.29, 1.82) is 0 Å². The maximum Gasteiger partial charge on any atom is 0.335 e. The Labute approximate surface area is 122 Å². The topological polar surface area (TPSA) is 96.4 Å². The van der Waals surface area contributed by atoms with Gasteiger partial charge in [-0.25, -0.2) is 17.9 Å². The molecular weight excluding hydrogens is 292 g/mol. The number of aromatic carboxylic acids is 1. The SMILES string of the molecule is Cc1ccc(S(=O)(=O)NCc2cc(C(=O)O)ccn2)cc1. The summed E-state index contributed by atoms with van der Waals surface area (Å²) in [5, 5.41) is 8.87. The third kappa shape index (κ3) is 3.87. The van der Waals surface area contributed by atoms with Crippen LogP contribution in [0.3, 0.4) is 0 Å². The summed E-state index contributed by atoms with van der Waals surface area (Å²) in [6.45, 7) is 1.79. The average Bonchev–Trinajstić information content (AvgIpc) is 2.46. The van der Waals surface area contributed by atoms with Crippen LogP contribution < -0.4 is 4.72 Å². The number of nitrogens with one attached hydrogen (secondary N) is 1. The van der Waals surface area contributed by atoms with E-state index in [0.29, 0.717) is 5.69 Å². The number of pyridine rings is 1. The zero-order chi connectivity index (χ0) is 15.5. The van der Waals surface area contributed by atoms with Gasteiger partial charge in [-0.3, -0.25) is 4.98 Å². The highest BCUT2D eigenvalue weighted by atomic mass is 32.2. The molecule has 1 aromatic heterocycles. The number of nitrogens with zero attached hydrogens (tertiary/aromatic N) is 1. The molecule has 2 rings (SSSR count). The summed E-state index contributed by atoms with van der Waals surface area (Å²) in [6.07, 6.45) is 1.33. The molecule has 0 saturated carbocycles. The summed E-state index contributed by atoms with van der Waals surface area (Å²) >= 11 is 0. The monoisotopic (exact) mass is 306 g/mol. The average molecular weight is 306 g/mol. The van der Waals surface area contributed by atoms with Crippen molar-refractivity contribution in [2.45, 2.75) is 18.4 Å². The molecule has 0 aliphatic heterocycles. The number of hydrogen-bond acceptors (Lipinski definition) is 4. The highest BCUT2D eigenvalue weighted by Crippen LogP contribution is 2.10. The first-order valence-corrected chi connectivity index (χ1v) is 7.61. The number of hydrogen-bond donors (Lipinski definition) is 2. The Morgan fingerprint density at radius 3 is 2.52 bits per heavy atom. The van der Waals surface area contributed by atoms with E-state index in [0.717, 1.165) is 5.56 Å². The Bertz CT molecular complexity index is 755. The number of benzene rings is 1. The molecule has 0 aliphatic carbocycles. The Kier molecular flexibility index (Phi) is 4.35. The van der Waals surface area contributed by atoms with E-state index in [9.17, 15) is 13.2 Å². The van der Waals surface area contributed by atoms with E-state index in [-0.39, 0.29) is 17.0 Å². The van der Waals surface area contributed by atoms with Gasteiger partial charge in [0, 0.05) is 6.20 Å². The van der Waals surface area contributed by atoms with E-state index in [1.165, 1.54) is 30.5 Å². The molecule has 0 fully saturated rings. The normalized spacial score (nSPS) is 11.3. The Hall–Kier alpha value is -2.25.